The number of carbonyl (C=O) groups excluding carboxylic acids is 1. The molecule has 3 rings (SSSR count). The van der Waals surface area contributed by atoms with Crippen molar-refractivity contribution in [1.82, 2.24) is 0 Å². The van der Waals surface area contributed by atoms with Crippen molar-refractivity contribution in [3.8, 4) is 0 Å². The Morgan fingerprint density at radius 1 is 0.864 bits per heavy atom. The average molecular weight is 335 g/mol. The van der Waals surface area contributed by atoms with Crippen LogP contribution in [-0.4, -0.2) is 18.1 Å². The van der Waals surface area contributed by atoms with Crippen molar-refractivity contribution in [1.29, 1.82) is 0 Å². The minimum absolute atomic E-state index is 0.0466. The van der Waals surface area contributed by atoms with E-state index in [9.17, 15) is 4.79 Å². The molecule has 2 aromatic rings. The second-order valence-corrected chi connectivity index (χ2v) is 6.84. The van der Waals surface area contributed by atoms with Gasteiger partial charge in [0.15, 0.2) is 0 Å². The van der Waals surface area contributed by atoms with E-state index in [0.717, 1.165) is 11.4 Å². The fourth-order valence-corrected chi connectivity index (χ4v) is 3.03. The van der Waals surface area contributed by atoms with Gasteiger partial charge in [0.05, 0.1) is 12.1 Å². The molecule has 1 heterocycles. The molecule has 0 spiro atoms. The number of carbonyl (C=O) groups is 1. The molecule has 2 amide bonds. The number of urea groups is 1. The summed E-state index contributed by atoms with van der Waals surface area (Å²) in [6.07, 6.45) is 0. The lowest BCUT2D eigenvalue weighted by Gasteiger charge is -2.29. The smallest absolute Gasteiger partial charge is 0.292 e. The van der Waals surface area contributed by atoms with Crippen molar-refractivity contribution >= 4 is 40.6 Å². The first kappa shape index (κ1) is 15.2. The number of halogens is 2. The van der Waals surface area contributed by atoms with E-state index in [-0.39, 0.29) is 11.6 Å². The van der Waals surface area contributed by atoms with E-state index >= 15 is 0 Å². The van der Waals surface area contributed by atoms with E-state index in [1.807, 2.05) is 24.3 Å². The van der Waals surface area contributed by atoms with Gasteiger partial charge < -0.3 is 0 Å². The van der Waals surface area contributed by atoms with Crippen molar-refractivity contribution in [3.05, 3.63) is 58.6 Å². The van der Waals surface area contributed by atoms with Crippen molar-refractivity contribution in [3.63, 3.8) is 0 Å². The van der Waals surface area contributed by atoms with E-state index in [1.165, 1.54) is 0 Å². The zero-order valence-corrected chi connectivity index (χ0v) is 13.9. The van der Waals surface area contributed by atoms with Crippen LogP contribution in [0.25, 0.3) is 0 Å². The molecular weight excluding hydrogens is 319 g/mol. The van der Waals surface area contributed by atoms with Gasteiger partial charge >= 0.3 is 6.03 Å². The molecule has 114 valence electrons. The summed E-state index contributed by atoms with van der Waals surface area (Å²) in [5.74, 6) is 0. The van der Waals surface area contributed by atoms with Gasteiger partial charge in [-0.1, -0.05) is 23.2 Å². The number of amides is 2. The van der Waals surface area contributed by atoms with Gasteiger partial charge in [-0.05, 0) is 62.4 Å². The van der Waals surface area contributed by atoms with Crippen LogP contribution >= 0.6 is 23.2 Å². The van der Waals surface area contributed by atoms with Crippen LogP contribution in [0.4, 0.5) is 16.2 Å². The SMILES string of the molecule is CC1(C)CN(c2ccc(Cl)cc2)C(=O)N1c1ccc(Cl)cc1. The van der Waals surface area contributed by atoms with Crippen molar-refractivity contribution in [2.75, 3.05) is 16.3 Å². The highest BCUT2D eigenvalue weighted by molar-refractivity contribution is 6.31. The molecular formula is C17H16Cl2N2O. The molecule has 22 heavy (non-hydrogen) atoms. The summed E-state index contributed by atoms with van der Waals surface area (Å²) < 4.78 is 0. The molecule has 0 radical (unpaired) electrons. The molecule has 3 nitrogen and oxygen atoms in total. The van der Waals surface area contributed by atoms with Gasteiger partial charge in [-0.25, -0.2) is 4.79 Å². The molecule has 0 aliphatic carbocycles. The number of benzene rings is 2. The summed E-state index contributed by atoms with van der Waals surface area (Å²) in [7, 11) is 0. The Kier molecular flexibility index (Phi) is 3.79. The molecule has 1 aliphatic rings. The van der Waals surface area contributed by atoms with Gasteiger partial charge in [-0.15, -0.1) is 0 Å². The summed E-state index contributed by atoms with van der Waals surface area (Å²) in [6.45, 7) is 4.71. The molecule has 0 unspecified atom stereocenters. The summed E-state index contributed by atoms with van der Waals surface area (Å²) in [6, 6.07) is 14.6. The molecule has 0 N–H and O–H groups in total. The largest absolute Gasteiger partial charge is 0.329 e. The maximum Gasteiger partial charge on any atom is 0.329 e. The summed E-state index contributed by atoms with van der Waals surface area (Å²) in [5, 5.41) is 1.31. The number of anilines is 2. The maximum atomic E-state index is 12.9. The monoisotopic (exact) mass is 334 g/mol. The Labute approximate surface area is 140 Å². The van der Waals surface area contributed by atoms with Crippen LogP contribution in [0.5, 0.6) is 0 Å². The van der Waals surface area contributed by atoms with Gasteiger partial charge in [0.2, 0.25) is 0 Å². The lowest BCUT2D eigenvalue weighted by atomic mass is 10.0. The lowest BCUT2D eigenvalue weighted by Crippen LogP contribution is -2.42. The first-order valence-electron chi connectivity index (χ1n) is 7.01. The Hall–Kier alpha value is -1.71. The van der Waals surface area contributed by atoms with Crippen LogP contribution < -0.4 is 9.80 Å². The maximum absolute atomic E-state index is 12.9. The standard InChI is InChI=1S/C17H16Cl2N2O/c1-17(2)11-20(14-7-3-12(18)4-8-14)16(22)21(17)15-9-5-13(19)6-10-15/h3-10H,11H2,1-2H3. The van der Waals surface area contributed by atoms with Crippen LogP contribution in [0.3, 0.4) is 0 Å². The number of nitrogens with zero attached hydrogens (tertiary/aromatic N) is 2. The van der Waals surface area contributed by atoms with Crippen LogP contribution in [-0.2, 0) is 0 Å². The minimum atomic E-state index is -0.315. The van der Waals surface area contributed by atoms with Gasteiger partial charge in [0, 0.05) is 21.4 Å². The van der Waals surface area contributed by atoms with Crippen LogP contribution in [0.1, 0.15) is 13.8 Å². The third-order valence-corrected chi connectivity index (χ3v) is 4.30. The summed E-state index contributed by atoms with van der Waals surface area (Å²) in [4.78, 5) is 16.5. The van der Waals surface area contributed by atoms with Crippen LogP contribution in [0.2, 0.25) is 10.0 Å². The van der Waals surface area contributed by atoms with Crippen LogP contribution in [0.15, 0.2) is 48.5 Å². The fourth-order valence-electron chi connectivity index (χ4n) is 2.78. The normalized spacial score (nSPS) is 17.2. The van der Waals surface area contributed by atoms with E-state index in [0.29, 0.717) is 16.6 Å². The zero-order valence-electron chi connectivity index (χ0n) is 12.4. The molecule has 0 bridgehead atoms. The van der Waals surface area contributed by atoms with Gasteiger partial charge in [0.25, 0.3) is 0 Å². The molecule has 5 heteroatoms. The topological polar surface area (TPSA) is 23.6 Å². The van der Waals surface area contributed by atoms with Crippen molar-refractivity contribution in [2.24, 2.45) is 0 Å². The average Bonchev–Trinajstić information content (AvgIpc) is 2.71. The van der Waals surface area contributed by atoms with E-state index in [4.69, 9.17) is 23.2 Å². The van der Waals surface area contributed by atoms with Crippen LogP contribution in [0, 0.1) is 0 Å². The van der Waals surface area contributed by atoms with E-state index in [2.05, 4.69) is 13.8 Å². The van der Waals surface area contributed by atoms with Crippen molar-refractivity contribution in [2.45, 2.75) is 19.4 Å². The predicted octanol–water partition coefficient (Wildman–Crippen LogP) is 5.22. The highest BCUT2D eigenvalue weighted by atomic mass is 35.5. The Morgan fingerprint density at radius 2 is 1.32 bits per heavy atom. The Balaban J connectivity index is 1.97. The number of rotatable bonds is 2. The van der Waals surface area contributed by atoms with Gasteiger partial charge in [-0.2, -0.15) is 0 Å². The molecule has 1 aliphatic heterocycles. The summed E-state index contributed by atoms with van der Waals surface area (Å²) >= 11 is 11.9. The Bertz CT molecular complexity index is 696. The van der Waals surface area contributed by atoms with E-state index < -0.39 is 0 Å². The second kappa shape index (κ2) is 5.49. The molecule has 1 fully saturated rings. The predicted molar refractivity (Wildman–Crippen MR) is 92.2 cm³/mol. The first-order valence-corrected chi connectivity index (χ1v) is 7.77. The van der Waals surface area contributed by atoms with Gasteiger partial charge in [-0.3, -0.25) is 9.80 Å². The minimum Gasteiger partial charge on any atom is -0.292 e. The Morgan fingerprint density at radius 3 is 1.82 bits per heavy atom. The molecule has 0 saturated carbocycles. The fraction of sp³-hybridized carbons (Fsp3) is 0.235. The third kappa shape index (κ3) is 2.67. The summed E-state index contributed by atoms with van der Waals surface area (Å²) in [5.41, 5.74) is 1.37. The van der Waals surface area contributed by atoms with Crippen molar-refractivity contribution < 1.29 is 4.79 Å². The quantitative estimate of drug-likeness (QED) is 0.738. The molecule has 0 atom stereocenters. The highest BCUT2D eigenvalue weighted by Crippen LogP contribution is 2.35. The lowest BCUT2D eigenvalue weighted by molar-refractivity contribution is 0.254. The number of hydrogen-bond acceptors (Lipinski definition) is 1. The first-order chi connectivity index (χ1) is 10.4. The molecule has 0 aromatic heterocycles. The number of hydrogen-bond donors (Lipinski definition) is 0. The second-order valence-electron chi connectivity index (χ2n) is 5.97. The van der Waals surface area contributed by atoms with E-state index in [1.54, 1.807) is 34.1 Å². The van der Waals surface area contributed by atoms with Gasteiger partial charge in [0.1, 0.15) is 0 Å². The zero-order chi connectivity index (χ0) is 15.9. The molecule has 1 saturated heterocycles. The highest BCUT2D eigenvalue weighted by Gasteiger charge is 2.44. The molecule has 2 aromatic carbocycles. The third-order valence-electron chi connectivity index (χ3n) is 3.80.